The summed E-state index contributed by atoms with van der Waals surface area (Å²) >= 11 is 6.23. The van der Waals surface area contributed by atoms with Gasteiger partial charge in [0.1, 0.15) is 18.6 Å². The van der Waals surface area contributed by atoms with Crippen molar-refractivity contribution in [3.63, 3.8) is 0 Å². The number of pyridine rings is 1. The molecule has 3 aromatic heterocycles. The Balaban J connectivity index is 1.61. The van der Waals surface area contributed by atoms with E-state index >= 15 is 0 Å². The molecule has 0 aliphatic carbocycles. The molecule has 1 aliphatic heterocycles. The third-order valence-corrected chi connectivity index (χ3v) is 8.75. The van der Waals surface area contributed by atoms with Crippen LogP contribution in [0, 0.1) is 20.8 Å². The molecular weight excluding hydrogens is 490 g/mol. The van der Waals surface area contributed by atoms with Gasteiger partial charge in [0.05, 0.1) is 16.9 Å². The maximum atomic E-state index is 14.0. The second-order valence-corrected chi connectivity index (χ2v) is 16.9. The van der Waals surface area contributed by atoms with Crippen molar-refractivity contribution in [2.24, 2.45) is 0 Å². The van der Waals surface area contributed by atoms with Crippen LogP contribution >= 0.6 is 11.6 Å². The van der Waals surface area contributed by atoms with E-state index in [-0.39, 0.29) is 11.9 Å². The second kappa shape index (κ2) is 9.17. The molecule has 9 heteroatoms. The van der Waals surface area contributed by atoms with E-state index < -0.39 is 8.07 Å². The molecule has 7 nitrogen and oxygen atoms in total. The van der Waals surface area contributed by atoms with Crippen molar-refractivity contribution in [2.75, 3.05) is 11.5 Å². The highest BCUT2D eigenvalue weighted by atomic mass is 35.5. The summed E-state index contributed by atoms with van der Waals surface area (Å²) in [4.78, 5) is 15.9. The van der Waals surface area contributed by atoms with Gasteiger partial charge in [-0.2, -0.15) is 0 Å². The Hall–Kier alpha value is -2.94. The second-order valence-electron chi connectivity index (χ2n) is 10.8. The van der Waals surface area contributed by atoms with Crippen molar-refractivity contribution < 1.29 is 9.53 Å². The van der Waals surface area contributed by atoms with Crippen molar-refractivity contribution >= 4 is 36.9 Å². The van der Waals surface area contributed by atoms with Gasteiger partial charge < -0.3 is 9.30 Å². The van der Waals surface area contributed by atoms with Gasteiger partial charge in [0.15, 0.2) is 5.65 Å². The fourth-order valence-electron chi connectivity index (χ4n) is 4.89. The Morgan fingerprint density at radius 1 is 1.03 bits per heavy atom. The summed E-state index contributed by atoms with van der Waals surface area (Å²) in [5.41, 5.74) is 6.18. The maximum Gasteiger partial charge on any atom is 0.261 e. The molecule has 4 aromatic rings. The highest BCUT2D eigenvalue weighted by molar-refractivity contribution is 6.76. The van der Waals surface area contributed by atoms with Crippen molar-refractivity contribution in [2.45, 2.75) is 59.2 Å². The SMILES string of the molecule is Cc1cn(COCC[Si](C)(C)C)c2c1C(=O)N(c1cc(C)c3nnc(C)n3c1)C2c1ccc(Cl)cc1. The van der Waals surface area contributed by atoms with E-state index in [9.17, 15) is 4.79 Å². The largest absolute Gasteiger partial charge is 0.361 e. The highest BCUT2D eigenvalue weighted by Crippen LogP contribution is 2.44. The van der Waals surface area contributed by atoms with Crippen LogP contribution in [0.25, 0.3) is 5.65 Å². The fourth-order valence-corrected chi connectivity index (χ4v) is 5.77. The lowest BCUT2D eigenvalue weighted by atomic mass is 10.0. The van der Waals surface area contributed by atoms with Crippen LogP contribution in [-0.2, 0) is 11.5 Å². The summed E-state index contributed by atoms with van der Waals surface area (Å²) in [6, 6.07) is 10.5. The number of benzene rings is 1. The van der Waals surface area contributed by atoms with Crippen LogP contribution in [0.15, 0.2) is 42.7 Å². The van der Waals surface area contributed by atoms with Gasteiger partial charge in [-0.25, -0.2) is 0 Å². The van der Waals surface area contributed by atoms with E-state index in [4.69, 9.17) is 16.3 Å². The van der Waals surface area contributed by atoms with Crippen molar-refractivity contribution in [3.05, 3.63) is 81.5 Å². The number of anilines is 1. The topological polar surface area (TPSA) is 64.7 Å². The molecule has 188 valence electrons. The van der Waals surface area contributed by atoms with Crippen LogP contribution in [-0.4, -0.2) is 39.8 Å². The molecule has 36 heavy (non-hydrogen) atoms. The fraction of sp³-hybridized carbons (Fsp3) is 0.370. The first-order valence-corrected chi connectivity index (χ1v) is 16.3. The Kier molecular flexibility index (Phi) is 6.30. The zero-order valence-corrected chi connectivity index (χ0v) is 23.4. The van der Waals surface area contributed by atoms with Gasteiger partial charge in [0.2, 0.25) is 0 Å². The third-order valence-electron chi connectivity index (χ3n) is 6.79. The number of ether oxygens (including phenoxy) is 1. The number of rotatable bonds is 7. The van der Waals surface area contributed by atoms with E-state index in [0.29, 0.717) is 18.4 Å². The minimum atomic E-state index is -1.20. The van der Waals surface area contributed by atoms with E-state index in [1.807, 2.05) is 72.8 Å². The monoisotopic (exact) mass is 521 g/mol. The van der Waals surface area contributed by atoms with E-state index in [1.54, 1.807) is 0 Å². The standard InChI is InChI=1S/C27H32ClN5O2Si/c1-17-13-22(15-32-19(3)29-30-26(17)32)33-24(20-7-9-21(28)10-8-20)25-23(27(33)34)18(2)14-31(25)16-35-11-12-36(4,5)6/h7-10,13-15,24H,11-12,16H2,1-6H3. The van der Waals surface area contributed by atoms with Gasteiger partial charge in [-0.1, -0.05) is 43.4 Å². The molecule has 5 rings (SSSR count). The molecule has 1 unspecified atom stereocenters. The van der Waals surface area contributed by atoms with Crippen LogP contribution in [0.4, 0.5) is 5.69 Å². The number of amides is 1. The van der Waals surface area contributed by atoms with E-state index in [1.165, 1.54) is 0 Å². The summed E-state index contributed by atoms with van der Waals surface area (Å²) in [7, 11) is -1.20. The molecule has 0 saturated carbocycles. The molecule has 0 N–H and O–H groups in total. The number of hydrogen-bond acceptors (Lipinski definition) is 4. The number of carbonyl (C=O) groups excluding carboxylic acids is 1. The van der Waals surface area contributed by atoms with Crippen molar-refractivity contribution in [3.8, 4) is 0 Å². The quantitative estimate of drug-likeness (QED) is 0.215. The summed E-state index contributed by atoms with van der Waals surface area (Å²) in [6.45, 7) is 14.1. The van der Waals surface area contributed by atoms with Crippen LogP contribution in [0.3, 0.4) is 0 Å². The van der Waals surface area contributed by atoms with Crippen molar-refractivity contribution in [1.82, 2.24) is 19.2 Å². The molecule has 0 saturated heterocycles. The van der Waals surface area contributed by atoms with Crippen LogP contribution in [0.1, 0.15) is 44.6 Å². The predicted octanol–water partition coefficient (Wildman–Crippen LogP) is 6.17. The third kappa shape index (κ3) is 4.38. The van der Waals surface area contributed by atoms with Gasteiger partial charge in [-0.3, -0.25) is 14.1 Å². The minimum Gasteiger partial charge on any atom is -0.361 e. The predicted molar refractivity (Wildman–Crippen MR) is 146 cm³/mol. The normalized spacial score (nSPS) is 15.8. The molecule has 1 amide bonds. The lowest BCUT2D eigenvalue weighted by Crippen LogP contribution is -2.30. The number of hydrogen-bond donors (Lipinski definition) is 0. The summed E-state index contributed by atoms with van der Waals surface area (Å²) in [5.74, 6) is 0.756. The summed E-state index contributed by atoms with van der Waals surface area (Å²) in [6.07, 6.45) is 3.99. The minimum absolute atomic E-state index is 0.0206. The number of aromatic nitrogens is 4. The Labute approximate surface area is 217 Å². The first-order valence-electron chi connectivity index (χ1n) is 12.2. The molecular formula is C27H32ClN5O2Si. The van der Waals surface area contributed by atoms with Gasteiger partial charge in [0, 0.05) is 32.1 Å². The van der Waals surface area contributed by atoms with E-state index in [0.717, 1.165) is 51.2 Å². The lowest BCUT2D eigenvalue weighted by Gasteiger charge is -2.28. The summed E-state index contributed by atoms with van der Waals surface area (Å²) in [5, 5.41) is 9.17. The molecule has 1 atom stereocenters. The van der Waals surface area contributed by atoms with Gasteiger partial charge in [-0.15, -0.1) is 10.2 Å². The van der Waals surface area contributed by atoms with Gasteiger partial charge >= 0.3 is 0 Å². The Morgan fingerprint density at radius 2 is 1.75 bits per heavy atom. The summed E-state index contributed by atoms with van der Waals surface area (Å²) < 4.78 is 10.2. The number of fused-ring (bicyclic) bond motifs is 2. The number of carbonyl (C=O) groups is 1. The average molecular weight is 522 g/mol. The molecule has 1 aliphatic rings. The Morgan fingerprint density at radius 3 is 2.44 bits per heavy atom. The number of nitrogens with zero attached hydrogens (tertiary/aromatic N) is 5. The zero-order valence-electron chi connectivity index (χ0n) is 21.7. The van der Waals surface area contributed by atoms with Crippen LogP contribution in [0.2, 0.25) is 30.7 Å². The van der Waals surface area contributed by atoms with E-state index in [2.05, 4.69) is 34.4 Å². The molecule has 1 aromatic carbocycles. The zero-order chi connectivity index (χ0) is 25.8. The molecule has 0 fully saturated rings. The number of halogens is 1. The smallest absolute Gasteiger partial charge is 0.261 e. The lowest BCUT2D eigenvalue weighted by molar-refractivity contribution is 0.0853. The van der Waals surface area contributed by atoms with Crippen LogP contribution < -0.4 is 4.90 Å². The average Bonchev–Trinajstić information content (AvgIpc) is 3.44. The molecule has 0 bridgehead atoms. The van der Waals surface area contributed by atoms with Crippen molar-refractivity contribution in [1.29, 1.82) is 0 Å². The first-order chi connectivity index (χ1) is 17.0. The molecule has 0 spiro atoms. The van der Waals surface area contributed by atoms with Crippen LogP contribution in [0.5, 0.6) is 0 Å². The highest BCUT2D eigenvalue weighted by Gasteiger charge is 2.43. The van der Waals surface area contributed by atoms with Gasteiger partial charge in [0.25, 0.3) is 5.91 Å². The first kappa shape index (κ1) is 24.7. The maximum absolute atomic E-state index is 14.0. The molecule has 4 heterocycles. The Bertz CT molecular complexity index is 1450. The molecule has 0 radical (unpaired) electrons. The van der Waals surface area contributed by atoms with Gasteiger partial charge in [-0.05, 0) is 61.7 Å². The number of aryl methyl sites for hydroxylation is 3.